The van der Waals surface area contributed by atoms with Gasteiger partial charge in [-0.2, -0.15) is 0 Å². The van der Waals surface area contributed by atoms with Crippen molar-refractivity contribution in [2.45, 2.75) is 25.8 Å². The fourth-order valence-corrected chi connectivity index (χ4v) is 2.67. The Kier molecular flexibility index (Phi) is 4.43. The van der Waals surface area contributed by atoms with Gasteiger partial charge in [0.05, 0.1) is 0 Å². The van der Waals surface area contributed by atoms with Gasteiger partial charge in [-0.05, 0) is 56.5 Å². The van der Waals surface area contributed by atoms with E-state index in [9.17, 15) is 0 Å². The van der Waals surface area contributed by atoms with E-state index >= 15 is 0 Å². The van der Waals surface area contributed by atoms with Crippen molar-refractivity contribution in [1.82, 2.24) is 4.90 Å². The van der Waals surface area contributed by atoms with Crippen LogP contribution in [0.2, 0.25) is 5.02 Å². The Labute approximate surface area is 109 Å². The van der Waals surface area contributed by atoms with E-state index in [1.54, 1.807) is 0 Å². The second-order valence-corrected chi connectivity index (χ2v) is 5.50. The van der Waals surface area contributed by atoms with Crippen molar-refractivity contribution in [1.29, 1.82) is 0 Å². The minimum Gasteiger partial charge on any atom is -0.330 e. The van der Waals surface area contributed by atoms with Crippen molar-refractivity contribution in [2.75, 3.05) is 19.6 Å². The molecule has 94 valence electrons. The molecule has 2 rings (SSSR count). The molecule has 0 bridgehead atoms. The number of rotatable bonds is 4. The number of likely N-dealkylation sites (tertiary alicyclic amines) is 1. The number of halogens is 1. The largest absolute Gasteiger partial charge is 0.330 e. The molecule has 17 heavy (non-hydrogen) atoms. The van der Waals surface area contributed by atoms with E-state index in [1.807, 2.05) is 12.1 Å². The highest BCUT2D eigenvalue weighted by molar-refractivity contribution is 6.30. The summed E-state index contributed by atoms with van der Waals surface area (Å²) in [7, 11) is 0. The van der Waals surface area contributed by atoms with Crippen molar-refractivity contribution < 1.29 is 0 Å². The summed E-state index contributed by atoms with van der Waals surface area (Å²) in [5, 5.41) is 0.811. The van der Waals surface area contributed by atoms with Crippen LogP contribution in [-0.2, 0) is 6.42 Å². The van der Waals surface area contributed by atoms with E-state index in [-0.39, 0.29) is 0 Å². The van der Waals surface area contributed by atoms with Gasteiger partial charge in [-0.3, -0.25) is 4.90 Å². The van der Waals surface area contributed by atoms with E-state index in [0.29, 0.717) is 12.0 Å². The van der Waals surface area contributed by atoms with Crippen LogP contribution in [0.3, 0.4) is 0 Å². The lowest BCUT2D eigenvalue weighted by atomic mass is 10.1. The molecule has 1 heterocycles. The number of nitrogens with zero attached hydrogens (tertiary/aromatic N) is 1. The Bertz CT molecular complexity index is 350. The van der Waals surface area contributed by atoms with E-state index < -0.39 is 0 Å². The van der Waals surface area contributed by atoms with Gasteiger partial charge in [0.15, 0.2) is 0 Å². The molecule has 1 aromatic carbocycles. The highest BCUT2D eigenvalue weighted by Crippen LogP contribution is 2.20. The molecule has 1 aromatic rings. The van der Waals surface area contributed by atoms with Gasteiger partial charge in [0.2, 0.25) is 0 Å². The first kappa shape index (κ1) is 12.9. The van der Waals surface area contributed by atoms with Gasteiger partial charge in [-0.15, -0.1) is 0 Å². The third-order valence-corrected chi connectivity index (χ3v) is 3.97. The standard InChI is InChI=1S/C14H21ClN2/c1-11(17-7-6-13(9-16)10-17)8-12-2-4-14(15)5-3-12/h2-5,11,13H,6-10,16H2,1H3. The minimum atomic E-state index is 0.590. The molecule has 0 aliphatic carbocycles. The first-order valence-corrected chi connectivity index (χ1v) is 6.75. The topological polar surface area (TPSA) is 29.3 Å². The quantitative estimate of drug-likeness (QED) is 0.893. The Morgan fingerprint density at radius 1 is 1.41 bits per heavy atom. The van der Waals surface area contributed by atoms with E-state index in [2.05, 4.69) is 24.0 Å². The molecule has 1 fully saturated rings. The second kappa shape index (κ2) is 5.85. The molecule has 3 heteroatoms. The van der Waals surface area contributed by atoms with E-state index in [4.69, 9.17) is 17.3 Å². The first-order valence-electron chi connectivity index (χ1n) is 6.37. The molecule has 0 amide bonds. The molecule has 0 saturated carbocycles. The third-order valence-electron chi connectivity index (χ3n) is 3.72. The van der Waals surface area contributed by atoms with Gasteiger partial charge in [0.25, 0.3) is 0 Å². The zero-order valence-corrected chi connectivity index (χ0v) is 11.2. The number of hydrogen-bond donors (Lipinski definition) is 1. The fraction of sp³-hybridized carbons (Fsp3) is 0.571. The molecule has 2 N–H and O–H groups in total. The summed E-state index contributed by atoms with van der Waals surface area (Å²) in [6.07, 6.45) is 2.34. The van der Waals surface area contributed by atoms with Crippen molar-refractivity contribution in [3.63, 3.8) is 0 Å². The van der Waals surface area contributed by atoms with Gasteiger partial charge in [-0.1, -0.05) is 23.7 Å². The summed E-state index contributed by atoms with van der Waals surface area (Å²) in [6, 6.07) is 8.77. The number of hydrogen-bond acceptors (Lipinski definition) is 2. The lowest BCUT2D eigenvalue weighted by molar-refractivity contribution is 0.248. The molecule has 2 nitrogen and oxygen atoms in total. The normalized spacial score (nSPS) is 22.9. The minimum absolute atomic E-state index is 0.590. The van der Waals surface area contributed by atoms with E-state index in [0.717, 1.165) is 24.5 Å². The average Bonchev–Trinajstić information content (AvgIpc) is 2.81. The SMILES string of the molecule is CC(Cc1ccc(Cl)cc1)N1CCC(CN)C1. The first-order chi connectivity index (χ1) is 8.19. The Balaban J connectivity index is 1.89. The van der Waals surface area contributed by atoms with Crippen molar-refractivity contribution >= 4 is 11.6 Å². The van der Waals surface area contributed by atoms with Crippen LogP contribution in [0.1, 0.15) is 18.9 Å². The molecule has 0 aromatic heterocycles. The van der Waals surface area contributed by atoms with Crippen molar-refractivity contribution in [3.8, 4) is 0 Å². The highest BCUT2D eigenvalue weighted by atomic mass is 35.5. The molecule has 2 unspecified atom stereocenters. The van der Waals surface area contributed by atoms with Crippen LogP contribution >= 0.6 is 11.6 Å². The number of nitrogens with two attached hydrogens (primary N) is 1. The third kappa shape index (κ3) is 3.44. The monoisotopic (exact) mass is 252 g/mol. The summed E-state index contributed by atoms with van der Waals surface area (Å²) in [4.78, 5) is 2.55. The summed E-state index contributed by atoms with van der Waals surface area (Å²) in [6.45, 7) is 5.47. The Morgan fingerprint density at radius 3 is 2.71 bits per heavy atom. The van der Waals surface area contributed by atoms with Gasteiger partial charge in [0, 0.05) is 17.6 Å². The van der Waals surface area contributed by atoms with Crippen molar-refractivity contribution in [3.05, 3.63) is 34.9 Å². The summed E-state index contributed by atoms with van der Waals surface area (Å²) >= 11 is 5.89. The summed E-state index contributed by atoms with van der Waals surface area (Å²) in [5.41, 5.74) is 7.08. The van der Waals surface area contributed by atoms with Crippen LogP contribution in [0, 0.1) is 5.92 Å². The maximum Gasteiger partial charge on any atom is 0.0406 e. The lowest BCUT2D eigenvalue weighted by Gasteiger charge is -2.24. The predicted molar refractivity (Wildman–Crippen MR) is 73.4 cm³/mol. The zero-order chi connectivity index (χ0) is 12.3. The molecule has 0 radical (unpaired) electrons. The molecular weight excluding hydrogens is 232 g/mol. The lowest BCUT2D eigenvalue weighted by Crippen LogP contribution is -2.33. The second-order valence-electron chi connectivity index (χ2n) is 5.06. The highest BCUT2D eigenvalue weighted by Gasteiger charge is 2.24. The van der Waals surface area contributed by atoms with Crippen LogP contribution in [0.15, 0.2) is 24.3 Å². The smallest absolute Gasteiger partial charge is 0.0406 e. The molecule has 1 aliphatic heterocycles. The molecule has 1 aliphatic rings. The van der Waals surface area contributed by atoms with Crippen LogP contribution in [-0.4, -0.2) is 30.6 Å². The van der Waals surface area contributed by atoms with Crippen LogP contribution in [0.25, 0.3) is 0 Å². The van der Waals surface area contributed by atoms with Gasteiger partial charge < -0.3 is 5.73 Å². The van der Waals surface area contributed by atoms with Crippen molar-refractivity contribution in [2.24, 2.45) is 11.7 Å². The van der Waals surface area contributed by atoms with Crippen LogP contribution in [0.4, 0.5) is 0 Å². The fourth-order valence-electron chi connectivity index (χ4n) is 2.55. The van der Waals surface area contributed by atoms with Gasteiger partial charge >= 0.3 is 0 Å². The van der Waals surface area contributed by atoms with Crippen LogP contribution < -0.4 is 5.73 Å². The molecule has 0 spiro atoms. The zero-order valence-electron chi connectivity index (χ0n) is 10.4. The van der Waals surface area contributed by atoms with Gasteiger partial charge in [0.1, 0.15) is 0 Å². The maximum atomic E-state index is 5.89. The summed E-state index contributed by atoms with van der Waals surface area (Å²) < 4.78 is 0. The predicted octanol–water partition coefficient (Wildman–Crippen LogP) is 2.55. The summed E-state index contributed by atoms with van der Waals surface area (Å²) in [5.74, 6) is 0.697. The molecule has 2 atom stereocenters. The Morgan fingerprint density at radius 2 is 2.12 bits per heavy atom. The average molecular weight is 253 g/mol. The Hall–Kier alpha value is -0.570. The van der Waals surface area contributed by atoms with Crippen LogP contribution in [0.5, 0.6) is 0 Å². The number of benzene rings is 1. The van der Waals surface area contributed by atoms with Gasteiger partial charge in [-0.25, -0.2) is 0 Å². The maximum absolute atomic E-state index is 5.89. The van der Waals surface area contributed by atoms with E-state index in [1.165, 1.54) is 18.5 Å². The molecular formula is C14H21ClN2. The molecule has 1 saturated heterocycles.